The molecular formula is C5H9NO3S2. The number of hydrogen-bond donors (Lipinski definition) is 1. The van der Waals surface area contributed by atoms with E-state index < -0.39 is 10.1 Å². The summed E-state index contributed by atoms with van der Waals surface area (Å²) in [6.07, 6.45) is 0. The summed E-state index contributed by atoms with van der Waals surface area (Å²) in [5.74, 6) is 0. The Bertz CT molecular complexity index is 278. The third kappa shape index (κ3) is 4.18. The Morgan fingerprint density at radius 1 is 1.64 bits per heavy atom. The second kappa shape index (κ2) is 3.89. The van der Waals surface area contributed by atoms with Crippen molar-refractivity contribution in [2.24, 2.45) is 4.99 Å². The van der Waals surface area contributed by atoms with Gasteiger partial charge in [0, 0.05) is 7.05 Å². The van der Waals surface area contributed by atoms with E-state index in [0.717, 1.165) is 11.8 Å². The fourth-order valence-electron chi connectivity index (χ4n) is 0.263. The lowest BCUT2D eigenvalue weighted by atomic mass is 10.9. The normalized spacial score (nSPS) is 13.2. The number of rotatable bonds is 2. The fourth-order valence-corrected chi connectivity index (χ4v) is 1.47. The summed E-state index contributed by atoms with van der Waals surface area (Å²) in [7, 11) is -2.59. The minimum Gasteiger partial charge on any atom is -0.286 e. The quantitative estimate of drug-likeness (QED) is 0.407. The zero-order valence-corrected chi connectivity index (χ0v) is 7.87. The maximum Gasteiger partial charge on any atom is 0.300 e. The third-order valence-electron chi connectivity index (χ3n) is 0.864. The number of thioether (sulfide) groups is 1. The zero-order valence-electron chi connectivity index (χ0n) is 6.23. The van der Waals surface area contributed by atoms with Crippen molar-refractivity contribution in [3.05, 3.63) is 10.8 Å². The lowest BCUT2D eigenvalue weighted by Gasteiger charge is -1.98. The average molecular weight is 195 g/mol. The Morgan fingerprint density at radius 3 is 2.36 bits per heavy atom. The van der Waals surface area contributed by atoms with Crippen LogP contribution in [0.5, 0.6) is 0 Å². The minimum absolute atomic E-state index is 0.305. The van der Waals surface area contributed by atoms with E-state index in [2.05, 4.69) is 11.6 Å². The molecule has 0 atom stereocenters. The number of nitrogens with zero attached hydrogens (tertiary/aromatic N) is 1. The molecule has 0 bridgehead atoms. The number of aliphatic imine (C=N–C) groups is 1. The first kappa shape index (κ1) is 10.7. The van der Waals surface area contributed by atoms with Crippen molar-refractivity contribution in [2.75, 3.05) is 7.05 Å². The van der Waals surface area contributed by atoms with Crippen molar-refractivity contribution in [2.45, 2.75) is 6.92 Å². The lowest BCUT2D eigenvalue weighted by molar-refractivity contribution is 0.493. The summed E-state index contributed by atoms with van der Waals surface area (Å²) < 4.78 is 28.8. The highest BCUT2D eigenvalue weighted by Crippen LogP contribution is 2.19. The highest BCUT2D eigenvalue weighted by atomic mass is 32.3. The van der Waals surface area contributed by atoms with E-state index >= 15 is 0 Å². The van der Waals surface area contributed by atoms with Crippen molar-refractivity contribution in [3.8, 4) is 0 Å². The van der Waals surface area contributed by atoms with Gasteiger partial charge in [0.15, 0.2) is 0 Å². The minimum atomic E-state index is -4.12. The predicted octanol–water partition coefficient (Wildman–Crippen LogP) is 1.13. The van der Waals surface area contributed by atoms with Gasteiger partial charge in [0.1, 0.15) is 4.24 Å². The van der Waals surface area contributed by atoms with Crippen LogP contribution in [0.1, 0.15) is 6.92 Å². The number of hydrogen-bond acceptors (Lipinski definition) is 4. The lowest BCUT2D eigenvalue weighted by Crippen LogP contribution is -1.99. The van der Waals surface area contributed by atoms with Gasteiger partial charge in [0.25, 0.3) is 10.1 Å². The standard InChI is InChI=1S/C5H9NO3S2/c1-4(6-3)10-5(2)11(7,8)9/h2H2,1,3H3,(H,7,8,9). The molecule has 0 rings (SSSR count). The fraction of sp³-hybridized carbons (Fsp3) is 0.400. The molecule has 0 aliphatic heterocycles. The van der Waals surface area contributed by atoms with E-state index in [9.17, 15) is 8.42 Å². The molecule has 0 aliphatic carbocycles. The molecule has 0 saturated carbocycles. The monoisotopic (exact) mass is 195 g/mol. The molecule has 4 nitrogen and oxygen atoms in total. The van der Waals surface area contributed by atoms with Gasteiger partial charge in [-0.05, 0) is 6.92 Å². The van der Waals surface area contributed by atoms with Crippen LogP contribution in [0.25, 0.3) is 0 Å². The van der Waals surface area contributed by atoms with Crippen LogP contribution >= 0.6 is 11.8 Å². The topological polar surface area (TPSA) is 66.7 Å². The van der Waals surface area contributed by atoms with E-state index in [1.807, 2.05) is 0 Å². The average Bonchev–Trinajstić information content (AvgIpc) is 1.85. The van der Waals surface area contributed by atoms with Gasteiger partial charge in [-0.15, -0.1) is 0 Å². The molecule has 64 valence electrons. The highest BCUT2D eigenvalue weighted by molar-refractivity contribution is 8.26. The van der Waals surface area contributed by atoms with E-state index in [1.54, 1.807) is 6.92 Å². The summed E-state index contributed by atoms with van der Waals surface area (Å²) in [5.41, 5.74) is 0. The molecule has 6 heteroatoms. The molecule has 0 saturated heterocycles. The first-order valence-corrected chi connectivity index (χ1v) is 4.91. The molecule has 0 spiro atoms. The van der Waals surface area contributed by atoms with Crippen molar-refractivity contribution in [1.29, 1.82) is 0 Å². The molecule has 0 unspecified atom stereocenters. The Kier molecular flexibility index (Phi) is 3.77. The highest BCUT2D eigenvalue weighted by Gasteiger charge is 2.11. The molecule has 1 N–H and O–H groups in total. The van der Waals surface area contributed by atoms with Gasteiger partial charge >= 0.3 is 0 Å². The Hall–Kier alpha value is -0.330. The van der Waals surface area contributed by atoms with Gasteiger partial charge in [0.05, 0.1) is 5.04 Å². The van der Waals surface area contributed by atoms with E-state index in [4.69, 9.17) is 4.55 Å². The Labute approximate surface area is 70.2 Å². The Morgan fingerprint density at radius 2 is 2.09 bits per heavy atom. The maximum atomic E-state index is 10.4. The molecule has 0 aromatic heterocycles. The predicted molar refractivity (Wildman–Crippen MR) is 47.3 cm³/mol. The summed E-state index contributed by atoms with van der Waals surface area (Å²) in [5, 5.41) is 0.535. The molecule has 0 amide bonds. The third-order valence-corrected chi connectivity index (χ3v) is 3.03. The van der Waals surface area contributed by atoms with Crippen LogP contribution in [-0.4, -0.2) is 25.1 Å². The van der Waals surface area contributed by atoms with Gasteiger partial charge in [-0.2, -0.15) is 8.42 Å². The van der Waals surface area contributed by atoms with Crippen LogP contribution in [0.4, 0.5) is 0 Å². The molecule has 0 radical (unpaired) electrons. The van der Waals surface area contributed by atoms with Crippen LogP contribution in [0, 0.1) is 0 Å². The SMILES string of the molecule is C=C(SC(C)=NC)S(=O)(=O)O. The van der Waals surface area contributed by atoms with E-state index in [1.165, 1.54) is 7.05 Å². The summed E-state index contributed by atoms with van der Waals surface area (Å²) >= 11 is 0.824. The zero-order chi connectivity index (χ0) is 9.07. The van der Waals surface area contributed by atoms with Crippen molar-refractivity contribution < 1.29 is 13.0 Å². The first-order valence-electron chi connectivity index (χ1n) is 2.65. The second-order valence-corrected chi connectivity index (χ2v) is 4.68. The molecule has 0 fully saturated rings. The first-order chi connectivity index (χ1) is 4.88. The van der Waals surface area contributed by atoms with Crippen LogP contribution < -0.4 is 0 Å². The van der Waals surface area contributed by atoms with E-state index in [0.29, 0.717) is 5.04 Å². The van der Waals surface area contributed by atoms with Crippen molar-refractivity contribution in [3.63, 3.8) is 0 Å². The molecule has 11 heavy (non-hydrogen) atoms. The van der Waals surface area contributed by atoms with Gasteiger partial charge < -0.3 is 0 Å². The van der Waals surface area contributed by atoms with Gasteiger partial charge in [-0.3, -0.25) is 9.55 Å². The molecule has 0 aromatic rings. The van der Waals surface area contributed by atoms with Crippen molar-refractivity contribution >= 4 is 26.9 Å². The summed E-state index contributed by atoms with van der Waals surface area (Å²) in [6, 6.07) is 0. The molecule has 0 heterocycles. The van der Waals surface area contributed by atoms with Crippen LogP contribution in [-0.2, 0) is 10.1 Å². The second-order valence-electron chi connectivity index (χ2n) is 1.69. The van der Waals surface area contributed by atoms with Crippen molar-refractivity contribution in [1.82, 2.24) is 0 Å². The Balaban J connectivity index is 4.35. The largest absolute Gasteiger partial charge is 0.300 e. The van der Waals surface area contributed by atoms with Crippen LogP contribution in [0.3, 0.4) is 0 Å². The summed E-state index contributed by atoms with van der Waals surface area (Å²) in [6.45, 7) is 4.78. The van der Waals surface area contributed by atoms with Gasteiger partial charge in [-0.25, -0.2) is 0 Å². The smallest absolute Gasteiger partial charge is 0.286 e. The van der Waals surface area contributed by atoms with Gasteiger partial charge in [-0.1, -0.05) is 18.3 Å². The molecular weight excluding hydrogens is 186 g/mol. The van der Waals surface area contributed by atoms with Crippen LogP contribution in [0.15, 0.2) is 15.8 Å². The summed E-state index contributed by atoms with van der Waals surface area (Å²) in [4.78, 5) is 3.69. The maximum absolute atomic E-state index is 10.4. The van der Waals surface area contributed by atoms with Crippen LogP contribution in [0.2, 0.25) is 0 Å². The van der Waals surface area contributed by atoms with Gasteiger partial charge in [0.2, 0.25) is 0 Å². The molecule has 0 aromatic carbocycles. The molecule has 0 aliphatic rings. The van der Waals surface area contributed by atoms with E-state index in [-0.39, 0.29) is 4.24 Å².